The summed E-state index contributed by atoms with van der Waals surface area (Å²) >= 11 is 0. The summed E-state index contributed by atoms with van der Waals surface area (Å²) in [5.41, 5.74) is 4.86. The summed E-state index contributed by atoms with van der Waals surface area (Å²) in [5.74, 6) is 1.64. The van der Waals surface area contributed by atoms with Gasteiger partial charge >= 0.3 is 0 Å². The quantitative estimate of drug-likeness (QED) is 0.201. The maximum Gasteiger partial charge on any atom is 0.159 e. The van der Waals surface area contributed by atoms with Crippen LogP contribution in [0.3, 0.4) is 0 Å². The lowest BCUT2D eigenvalue weighted by Crippen LogP contribution is -1.96. The molecule has 1 heterocycles. The molecule has 0 atom stereocenters. The molecule has 0 aliphatic heterocycles. The van der Waals surface area contributed by atoms with Crippen molar-refractivity contribution in [1.82, 2.24) is 9.97 Å². The molecule has 182 valence electrons. The number of benzene rings is 2. The van der Waals surface area contributed by atoms with Crippen LogP contribution in [0.2, 0.25) is 0 Å². The summed E-state index contributed by atoms with van der Waals surface area (Å²) in [6.45, 7) is 5.09. The van der Waals surface area contributed by atoms with Gasteiger partial charge in [-0.1, -0.05) is 89.5 Å². The first-order valence-corrected chi connectivity index (χ1v) is 13.4. The minimum absolute atomic E-state index is 0.582. The number of nitrogens with zero attached hydrogens (tertiary/aromatic N) is 2. The summed E-state index contributed by atoms with van der Waals surface area (Å²) in [6.07, 6.45) is 19.3. The molecule has 0 radical (unpaired) electrons. The van der Waals surface area contributed by atoms with Crippen LogP contribution < -0.4 is 4.74 Å². The SMILES string of the molecule is CCCCCCCCCc1cnc(-c2ccc(OCc3ccc(CCCCC)cc3)cc2)nc1. The van der Waals surface area contributed by atoms with E-state index in [0.29, 0.717) is 6.61 Å². The summed E-state index contributed by atoms with van der Waals surface area (Å²) in [4.78, 5) is 9.19. The predicted molar refractivity (Wildman–Crippen MR) is 143 cm³/mol. The predicted octanol–water partition coefficient (Wildman–Crippen LogP) is 8.75. The Morgan fingerprint density at radius 1 is 0.559 bits per heavy atom. The number of unbranched alkanes of at least 4 members (excludes halogenated alkanes) is 8. The molecule has 3 rings (SSSR count). The number of rotatable bonds is 16. The largest absolute Gasteiger partial charge is 0.489 e. The third-order valence-electron chi connectivity index (χ3n) is 6.38. The molecule has 0 bridgehead atoms. The summed E-state index contributed by atoms with van der Waals surface area (Å²) in [7, 11) is 0. The van der Waals surface area contributed by atoms with Crippen LogP contribution in [-0.2, 0) is 19.4 Å². The van der Waals surface area contributed by atoms with Crippen molar-refractivity contribution < 1.29 is 4.74 Å². The second kappa shape index (κ2) is 15.3. The fourth-order valence-corrected chi connectivity index (χ4v) is 4.17. The molecule has 0 saturated carbocycles. The summed E-state index contributed by atoms with van der Waals surface area (Å²) in [6, 6.07) is 16.9. The molecule has 0 saturated heterocycles. The molecule has 0 amide bonds. The van der Waals surface area contributed by atoms with Gasteiger partial charge in [0.2, 0.25) is 0 Å². The molecule has 2 aromatic carbocycles. The third kappa shape index (κ3) is 9.29. The normalized spacial score (nSPS) is 11.0. The standard InChI is InChI=1S/C31H42N2O/c1-3-5-7-8-9-10-12-14-28-23-32-31(33-24-28)29-19-21-30(22-20-29)34-25-27-17-15-26(16-18-27)13-11-6-4-2/h15-24H,3-14,25H2,1-2H3. The highest BCUT2D eigenvalue weighted by molar-refractivity contribution is 5.55. The van der Waals surface area contributed by atoms with Gasteiger partial charge in [0.05, 0.1) is 0 Å². The van der Waals surface area contributed by atoms with Crippen molar-refractivity contribution in [1.29, 1.82) is 0 Å². The molecule has 1 aromatic heterocycles. The van der Waals surface area contributed by atoms with Crippen LogP contribution in [0, 0.1) is 0 Å². The molecule has 0 aliphatic carbocycles. The minimum atomic E-state index is 0.582. The fraction of sp³-hybridized carbons (Fsp3) is 0.484. The molecule has 0 spiro atoms. The van der Waals surface area contributed by atoms with Crippen molar-refractivity contribution in [3.8, 4) is 17.1 Å². The van der Waals surface area contributed by atoms with Crippen LogP contribution in [0.15, 0.2) is 60.9 Å². The van der Waals surface area contributed by atoms with Crippen LogP contribution >= 0.6 is 0 Å². The highest BCUT2D eigenvalue weighted by atomic mass is 16.5. The van der Waals surface area contributed by atoms with E-state index < -0.39 is 0 Å². The van der Waals surface area contributed by atoms with Crippen molar-refractivity contribution in [2.24, 2.45) is 0 Å². The minimum Gasteiger partial charge on any atom is -0.489 e. The maximum absolute atomic E-state index is 5.99. The number of aromatic nitrogens is 2. The topological polar surface area (TPSA) is 35.0 Å². The van der Waals surface area contributed by atoms with Crippen LogP contribution in [0.25, 0.3) is 11.4 Å². The molecule has 3 nitrogen and oxygen atoms in total. The molecular weight excluding hydrogens is 416 g/mol. The van der Waals surface area contributed by atoms with E-state index in [1.807, 2.05) is 36.7 Å². The van der Waals surface area contributed by atoms with Crippen molar-refractivity contribution in [2.45, 2.75) is 97.5 Å². The van der Waals surface area contributed by atoms with E-state index >= 15 is 0 Å². The highest BCUT2D eigenvalue weighted by Crippen LogP contribution is 2.21. The van der Waals surface area contributed by atoms with Gasteiger partial charge in [0.15, 0.2) is 5.82 Å². The second-order valence-corrected chi connectivity index (χ2v) is 9.37. The van der Waals surface area contributed by atoms with E-state index in [2.05, 4.69) is 48.1 Å². The lowest BCUT2D eigenvalue weighted by atomic mass is 10.1. The Bertz CT molecular complexity index is 917. The lowest BCUT2D eigenvalue weighted by Gasteiger charge is -2.08. The molecular formula is C31H42N2O. The average molecular weight is 459 g/mol. The first kappa shape index (κ1) is 25.9. The smallest absolute Gasteiger partial charge is 0.159 e. The van der Waals surface area contributed by atoms with Crippen LogP contribution in [0.4, 0.5) is 0 Å². The van der Waals surface area contributed by atoms with Gasteiger partial charge in [-0.2, -0.15) is 0 Å². The molecule has 0 aliphatic rings. The number of hydrogen-bond acceptors (Lipinski definition) is 3. The van der Waals surface area contributed by atoms with Gasteiger partial charge in [0.1, 0.15) is 12.4 Å². The van der Waals surface area contributed by atoms with E-state index in [-0.39, 0.29) is 0 Å². The van der Waals surface area contributed by atoms with E-state index in [1.54, 1.807) is 0 Å². The zero-order valence-corrected chi connectivity index (χ0v) is 21.3. The van der Waals surface area contributed by atoms with Crippen molar-refractivity contribution in [3.05, 3.63) is 77.6 Å². The van der Waals surface area contributed by atoms with Gasteiger partial charge in [-0.25, -0.2) is 9.97 Å². The molecule has 0 fully saturated rings. The molecule has 0 unspecified atom stereocenters. The first-order valence-electron chi connectivity index (χ1n) is 13.4. The number of aryl methyl sites for hydroxylation is 2. The van der Waals surface area contributed by atoms with Gasteiger partial charge in [0, 0.05) is 18.0 Å². The van der Waals surface area contributed by atoms with Gasteiger partial charge in [-0.15, -0.1) is 0 Å². The van der Waals surface area contributed by atoms with Crippen molar-refractivity contribution >= 4 is 0 Å². The Morgan fingerprint density at radius 2 is 1.09 bits per heavy atom. The Kier molecular flexibility index (Phi) is 11.6. The molecule has 0 N–H and O–H groups in total. The van der Waals surface area contributed by atoms with Crippen LogP contribution in [0.1, 0.15) is 94.7 Å². The van der Waals surface area contributed by atoms with E-state index in [0.717, 1.165) is 23.6 Å². The van der Waals surface area contributed by atoms with Crippen molar-refractivity contribution in [2.75, 3.05) is 0 Å². The van der Waals surface area contributed by atoms with Gasteiger partial charge in [-0.3, -0.25) is 0 Å². The maximum atomic E-state index is 5.99. The van der Waals surface area contributed by atoms with Crippen LogP contribution in [0.5, 0.6) is 5.75 Å². The number of ether oxygens (including phenoxy) is 1. The van der Waals surface area contributed by atoms with E-state index in [4.69, 9.17) is 4.74 Å². The Hall–Kier alpha value is -2.68. The lowest BCUT2D eigenvalue weighted by molar-refractivity contribution is 0.306. The average Bonchev–Trinajstić information content (AvgIpc) is 2.88. The fourth-order valence-electron chi connectivity index (χ4n) is 4.17. The van der Waals surface area contributed by atoms with E-state index in [1.165, 1.54) is 87.3 Å². The number of hydrogen-bond donors (Lipinski definition) is 0. The summed E-state index contributed by atoms with van der Waals surface area (Å²) < 4.78 is 5.99. The Morgan fingerprint density at radius 3 is 1.76 bits per heavy atom. The van der Waals surface area contributed by atoms with Gasteiger partial charge < -0.3 is 4.74 Å². The first-order chi connectivity index (χ1) is 16.8. The monoisotopic (exact) mass is 458 g/mol. The Balaban J connectivity index is 1.40. The van der Waals surface area contributed by atoms with Crippen molar-refractivity contribution in [3.63, 3.8) is 0 Å². The zero-order valence-electron chi connectivity index (χ0n) is 21.3. The second-order valence-electron chi connectivity index (χ2n) is 9.37. The molecule has 34 heavy (non-hydrogen) atoms. The molecule has 3 heteroatoms. The third-order valence-corrected chi connectivity index (χ3v) is 6.38. The summed E-state index contributed by atoms with van der Waals surface area (Å²) in [5, 5.41) is 0. The van der Waals surface area contributed by atoms with Gasteiger partial charge in [0.25, 0.3) is 0 Å². The Labute approximate surface area is 207 Å². The van der Waals surface area contributed by atoms with Gasteiger partial charge in [-0.05, 0) is 66.6 Å². The highest BCUT2D eigenvalue weighted by Gasteiger charge is 2.04. The van der Waals surface area contributed by atoms with Crippen LogP contribution in [-0.4, -0.2) is 9.97 Å². The molecule has 3 aromatic rings. The van der Waals surface area contributed by atoms with E-state index in [9.17, 15) is 0 Å². The zero-order chi connectivity index (χ0) is 23.8.